The van der Waals surface area contributed by atoms with Crippen molar-refractivity contribution in [2.24, 2.45) is 5.73 Å². The molecule has 0 aromatic heterocycles. The average Bonchev–Trinajstić information content (AvgIpc) is 2.50. The van der Waals surface area contributed by atoms with E-state index in [0.29, 0.717) is 5.56 Å². The minimum Gasteiger partial charge on any atom is -0.489 e. The van der Waals surface area contributed by atoms with E-state index in [0.717, 1.165) is 24.2 Å². The molecule has 0 fully saturated rings. The molecule has 0 spiro atoms. The standard InChI is InChI=1S/C17H19ClFNO/c1-2-14(20)10-12-6-3-4-9-16(12)21-11-13-7-5-8-15(19)17(13)18/h3-9,14H,2,10-11,20H2,1H3. The fourth-order valence-corrected chi connectivity index (χ4v) is 2.24. The Bertz CT molecular complexity index is 603. The Morgan fingerprint density at radius 3 is 2.62 bits per heavy atom. The summed E-state index contributed by atoms with van der Waals surface area (Å²) in [6.45, 7) is 2.29. The molecule has 0 saturated carbocycles. The maximum Gasteiger partial charge on any atom is 0.142 e. The quantitative estimate of drug-likeness (QED) is 0.861. The van der Waals surface area contributed by atoms with Crippen LogP contribution in [0.25, 0.3) is 0 Å². The molecule has 0 aliphatic rings. The van der Waals surface area contributed by atoms with Gasteiger partial charge in [-0.1, -0.05) is 48.9 Å². The van der Waals surface area contributed by atoms with E-state index in [9.17, 15) is 4.39 Å². The fraction of sp³-hybridized carbons (Fsp3) is 0.294. The van der Waals surface area contributed by atoms with Crippen molar-refractivity contribution in [3.05, 3.63) is 64.4 Å². The van der Waals surface area contributed by atoms with Crippen molar-refractivity contribution in [3.8, 4) is 5.75 Å². The molecule has 0 radical (unpaired) electrons. The predicted octanol–water partition coefficient (Wildman–Crippen LogP) is 4.34. The van der Waals surface area contributed by atoms with Gasteiger partial charge in [0.2, 0.25) is 0 Å². The molecule has 2 aromatic carbocycles. The predicted molar refractivity (Wildman–Crippen MR) is 84.2 cm³/mol. The molecule has 0 saturated heterocycles. The SMILES string of the molecule is CCC(N)Cc1ccccc1OCc1cccc(F)c1Cl. The molecular weight excluding hydrogens is 289 g/mol. The van der Waals surface area contributed by atoms with Crippen LogP contribution in [0.1, 0.15) is 24.5 Å². The van der Waals surface area contributed by atoms with Crippen LogP contribution in [-0.2, 0) is 13.0 Å². The van der Waals surface area contributed by atoms with E-state index in [4.69, 9.17) is 22.1 Å². The van der Waals surface area contributed by atoms with Crippen LogP contribution in [0.5, 0.6) is 5.75 Å². The van der Waals surface area contributed by atoms with E-state index in [1.54, 1.807) is 12.1 Å². The molecule has 21 heavy (non-hydrogen) atoms. The smallest absolute Gasteiger partial charge is 0.142 e. The molecule has 4 heteroatoms. The third kappa shape index (κ3) is 4.19. The third-order valence-electron chi connectivity index (χ3n) is 3.39. The van der Waals surface area contributed by atoms with Crippen LogP contribution in [-0.4, -0.2) is 6.04 Å². The lowest BCUT2D eigenvalue weighted by Crippen LogP contribution is -2.21. The van der Waals surface area contributed by atoms with Crippen LogP contribution < -0.4 is 10.5 Å². The van der Waals surface area contributed by atoms with Gasteiger partial charge in [0.15, 0.2) is 0 Å². The van der Waals surface area contributed by atoms with Gasteiger partial charge in [0, 0.05) is 11.6 Å². The Morgan fingerprint density at radius 1 is 1.14 bits per heavy atom. The summed E-state index contributed by atoms with van der Waals surface area (Å²) in [4.78, 5) is 0. The molecule has 112 valence electrons. The van der Waals surface area contributed by atoms with Crippen LogP contribution in [0.2, 0.25) is 5.02 Å². The minimum absolute atomic E-state index is 0.104. The Hall–Kier alpha value is -1.58. The lowest BCUT2D eigenvalue weighted by atomic mass is 10.0. The number of benzene rings is 2. The van der Waals surface area contributed by atoms with E-state index in [-0.39, 0.29) is 17.7 Å². The number of ether oxygens (including phenoxy) is 1. The Balaban J connectivity index is 2.11. The van der Waals surface area contributed by atoms with E-state index in [1.807, 2.05) is 24.3 Å². The second kappa shape index (κ2) is 7.43. The molecule has 1 atom stereocenters. The summed E-state index contributed by atoms with van der Waals surface area (Å²) in [5.41, 5.74) is 7.68. The van der Waals surface area contributed by atoms with Gasteiger partial charge in [-0.25, -0.2) is 4.39 Å². The zero-order valence-electron chi connectivity index (χ0n) is 12.0. The van der Waals surface area contributed by atoms with Gasteiger partial charge in [-0.05, 0) is 30.5 Å². The fourth-order valence-electron chi connectivity index (χ4n) is 2.06. The minimum atomic E-state index is -0.431. The van der Waals surface area contributed by atoms with Gasteiger partial charge >= 0.3 is 0 Å². The van der Waals surface area contributed by atoms with Gasteiger partial charge in [0.05, 0.1) is 5.02 Å². The number of para-hydroxylation sites is 1. The lowest BCUT2D eigenvalue weighted by molar-refractivity contribution is 0.301. The molecule has 1 unspecified atom stereocenters. The Morgan fingerprint density at radius 2 is 1.86 bits per heavy atom. The highest BCUT2D eigenvalue weighted by molar-refractivity contribution is 6.31. The molecular formula is C17H19ClFNO. The van der Waals surface area contributed by atoms with Crippen molar-refractivity contribution in [1.82, 2.24) is 0 Å². The van der Waals surface area contributed by atoms with E-state index < -0.39 is 5.82 Å². The van der Waals surface area contributed by atoms with Crippen molar-refractivity contribution in [1.29, 1.82) is 0 Å². The summed E-state index contributed by atoms with van der Waals surface area (Å²) in [5.74, 6) is 0.334. The summed E-state index contributed by atoms with van der Waals surface area (Å²) in [7, 11) is 0. The molecule has 2 nitrogen and oxygen atoms in total. The zero-order valence-corrected chi connectivity index (χ0v) is 12.7. The third-order valence-corrected chi connectivity index (χ3v) is 3.82. The maximum absolute atomic E-state index is 13.4. The second-order valence-corrected chi connectivity index (χ2v) is 5.36. The Labute approximate surface area is 129 Å². The molecule has 0 bridgehead atoms. The highest BCUT2D eigenvalue weighted by Gasteiger charge is 2.10. The number of hydrogen-bond donors (Lipinski definition) is 1. The molecule has 2 rings (SSSR count). The molecule has 2 N–H and O–H groups in total. The van der Waals surface area contributed by atoms with Gasteiger partial charge in [0.1, 0.15) is 18.2 Å². The van der Waals surface area contributed by atoms with Crippen molar-refractivity contribution in [2.45, 2.75) is 32.4 Å². The summed E-state index contributed by atoms with van der Waals surface area (Å²) in [6.07, 6.45) is 1.66. The van der Waals surface area contributed by atoms with Crippen molar-refractivity contribution in [2.75, 3.05) is 0 Å². The second-order valence-electron chi connectivity index (χ2n) is 4.98. The first-order valence-electron chi connectivity index (χ1n) is 7.01. The van der Waals surface area contributed by atoms with Gasteiger partial charge in [0.25, 0.3) is 0 Å². The number of rotatable bonds is 6. The van der Waals surface area contributed by atoms with Gasteiger partial charge < -0.3 is 10.5 Å². The van der Waals surface area contributed by atoms with Gasteiger partial charge in [-0.3, -0.25) is 0 Å². The van der Waals surface area contributed by atoms with Crippen molar-refractivity contribution < 1.29 is 9.13 Å². The first-order chi connectivity index (χ1) is 10.1. The first-order valence-corrected chi connectivity index (χ1v) is 7.38. The lowest BCUT2D eigenvalue weighted by Gasteiger charge is -2.15. The summed E-state index contributed by atoms with van der Waals surface area (Å²) in [5, 5.41) is 0.111. The summed E-state index contributed by atoms with van der Waals surface area (Å²) in [6, 6.07) is 12.6. The summed E-state index contributed by atoms with van der Waals surface area (Å²) >= 11 is 5.93. The van der Waals surface area contributed by atoms with Crippen LogP contribution in [0.15, 0.2) is 42.5 Å². The number of hydrogen-bond acceptors (Lipinski definition) is 2. The van der Waals surface area contributed by atoms with E-state index in [1.165, 1.54) is 6.07 Å². The van der Waals surface area contributed by atoms with Gasteiger partial charge in [-0.15, -0.1) is 0 Å². The van der Waals surface area contributed by atoms with Crippen LogP contribution in [0.3, 0.4) is 0 Å². The monoisotopic (exact) mass is 307 g/mol. The molecule has 0 amide bonds. The first kappa shape index (κ1) is 15.8. The van der Waals surface area contributed by atoms with Crippen LogP contribution >= 0.6 is 11.6 Å². The van der Waals surface area contributed by atoms with Crippen molar-refractivity contribution in [3.63, 3.8) is 0 Å². The van der Waals surface area contributed by atoms with Gasteiger partial charge in [-0.2, -0.15) is 0 Å². The maximum atomic E-state index is 13.4. The Kier molecular flexibility index (Phi) is 5.59. The molecule has 0 aliphatic carbocycles. The van der Waals surface area contributed by atoms with Crippen molar-refractivity contribution >= 4 is 11.6 Å². The largest absolute Gasteiger partial charge is 0.489 e. The average molecular weight is 308 g/mol. The zero-order chi connectivity index (χ0) is 15.2. The molecule has 0 aliphatic heterocycles. The molecule has 2 aromatic rings. The normalized spacial score (nSPS) is 12.2. The topological polar surface area (TPSA) is 35.2 Å². The van der Waals surface area contributed by atoms with E-state index in [2.05, 4.69) is 6.92 Å². The van der Waals surface area contributed by atoms with Crippen LogP contribution in [0.4, 0.5) is 4.39 Å². The van der Waals surface area contributed by atoms with E-state index >= 15 is 0 Å². The number of halogens is 2. The molecule has 0 heterocycles. The highest BCUT2D eigenvalue weighted by atomic mass is 35.5. The van der Waals surface area contributed by atoms with Crippen LogP contribution in [0, 0.1) is 5.82 Å². The highest BCUT2D eigenvalue weighted by Crippen LogP contribution is 2.24. The number of nitrogens with two attached hydrogens (primary N) is 1. The summed E-state index contributed by atoms with van der Waals surface area (Å²) < 4.78 is 19.2.